The molecule has 0 aromatic heterocycles. The highest BCUT2D eigenvalue weighted by Gasteiger charge is 2.48. The summed E-state index contributed by atoms with van der Waals surface area (Å²) < 4.78 is 114. The number of carboxylic acid groups (broad SMARTS) is 1. The highest BCUT2D eigenvalue weighted by molar-refractivity contribution is 7.86. The van der Waals surface area contributed by atoms with Crippen LogP contribution < -0.4 is 10.2 Å². The van der Waals surface area contributed by atoms with Crippen molar-refractivity contribution in [3.8, 4) is 0 Å². The number of fused-ring (bicyclic) bond motifs is 2. The molecule has 5 N–H and O–H groups in total. The van der Waals surface area contributed by atoms with Gasteiger partial charge in [0.15, 0.2) is 5.71 Å². The second-order valence-electron chi connectivity index (χ2n) is 15.8. The summed E-state index contributed by atoms with van der Waals surface area (Å²) in [6, 6.07) is 8.61. The number of nitrogens with one attached hydrogen (secondary N) is 1. The fourth-order valence-electron chi connectivity index (χ4n) is 8.14. The van der Waals surface area contributed by atoms with Crippen LogP contribution in [0.25, 0.3) is 0 Å². The van der Waals surface area contributed by atoms with Crippen molar-refractivity contribution in [1.82, 2.24) is 5.32 Å². The van der Waals surface area contributed by atoms with Crippen molar-refractivity contribution in [1.29, 1.82) is 0 Å². The molecule has 0 spiro atoms. The Morgan fingerprint density at radius 2 is 1.40 bits per heavy atom. The van der Waals surface area contributed by atoms with Crippen LogP contribution in [0.3, 0.4) is 0 Å². The molecule has 20 heteroatoms. The Kier molecular flexibility index (Phi) is 17.8. The van der Waals surface area contributed by atoms with Gasteiger partial charge in [-0.2, -0.15) is 29.8 Å². The molecule has 2 atom stereocenters. The number of methoxy groups -OCH3 is 2. The topological polar surface area (TPSA) is 254 Å². The van der Waals surface area contributed by atoms with Gasteiger partial charge in [-0.25, -0.2) is 0 Å². The van der Waals surface area contributed by atoms with E-state index in [-0.39, 0.29) is 47.8 Å². The van der Waals surface area contributed by atoms with Gasteiger partial charge in [-0.1, -0.05) is 30.4 Å². The van der Waals surface area contributed by atoms with Gasteiger partial charge >= 0.3 is 5.97 Å². The number of carbonyl (C=O) groups excluding carboxylic acids is 1. The first kappa shape index (κ1) is 51.1. The maximum absolute atomic E-state index is 12.9. The Labute approximate surface area is 370 Å². The van der Waals surface area contributed by atoms with Crippen LogP contribution in [0.1, 0.15) is 76.3 Å². The van der Waals surface area contributed by atoms with Crippen molar-refractivity contribution in [3.63, 3.8) is 0 Å². The molecule has 17 nitrogen and oxygen atoms in total. The zero-order chi connectivity index (χ0) is 46.6. The summed E-state index contributed by atoms with van der Waals surface area (Å²) in [5, 5.41) is 12.0. The summed E-state index contributed by atoms with van der Waals surface area (Å²) in [4.78, 5) is 25.4. The lowest BCUT2D eigenvalue weighted by Crippen LogP contribution is -2.34. The van der Waals surface area contributed by atoms with Gasteiger partial charge in [0, 0.05) is 81.1 Å². The fourth-order valence-corrected chi connectivity index (χ4v) is 9.66. The zero-order valence-electron chi connectivity index (χ0n) is 35.9. The van der Waals surface area contributed by atoms with E-state index in [1.54, 1.807) is 42.5 Å². The first-order chi connectivity index (χ1) is 29.6. The molecule has 2 aromatic carbocycles. The standard InChI is InChI=1S/C43H57N3O14S3/c1-42(22-13-29-61(50,51)52)34-30-32(62(53,54)55)18-20-37(34)46(26-28-60-4)38(42)14-9-6-5-7-10-15-39-43(2,23-21-40(47)44-24-27-59-3)35-31-33(63(56,57)58)17-19-36(35)45(39)25-12-8-11-16-41(48)49/h5-7,9-10,14-15,17-20,30-31H,8,11-13,16,21-29H2,1-4H3,(H4-,44,47,48,49,50,51,52,53,54,55,56,57,58)/p+1. The van der Waals surface area contributed by atoms with Gasteiger partial charge in [-0.3, -0.25) is 23.2 Å². The molecule has 63 heavy (non-hydrogen) atoms. The quantitative estimate of drug-likeness (QED) is 0.0363. The Hall–Kier alpha value is -4.54. The Balaban J connectivity index is 1.73. The van der Waals surface area contributed by atoms with Crippen molar-refractivity contribution < 1.29 is 67.7 Å². The monoisotopic (exact) mass is 936 g/mol. The Bertz CT molecular complexity index is 2500. The van der Waals surface area contributed by atoms with Crippen LogP contribution >= 0.6 is 0 Å². The fraction of sp³-hybridized carbons (Fsp3) is 0.465. The number of benzene rings is 2. The first-order valence-electron chi connectivity index (χ1n) is 20.4. The number of carboxylic acids is 1. The lowest BCUT2D eigenvalue weighted by molar-refractivity contribution is -0.438. The predicted octanol–water partition coefficient (Wildman–Crippen LogP) is 5.37. The number of carbonyl (C=O) groups is 2. The van der Waals surface area contributed by atoms with Gasteiger partial charge < -0.3 is 24.8 Å². The molecule has 2 unspecified atom stereocenters. The third-order valence-electron chi connectivity index (χ3n) is 11.3. The van der Waals surface area contributed by atoms with E-state index in [1.165, 1.54) is 38.5 Å². The van der Waals surface area contributed by atoms with Crippen molar-refractivity contribution >= 4 is 59.3 Å². The third kappa shape index (κ3) is 13.5. The summed E-state index contributed by atoms with van der Waals surface area (Å²) in [6.07, 6.45) is 14.9. The predicted molar refractivity (Wildman–Crippen MR) is 238 cm³/mol. The molecule has 0 aliphatic carbocycles. The Morgan fingerprint density at radius 3 is 2.03 bits per heavy atom. The summed E-state index contributed by atoms with van der Waals surface area (Å²) in [5.74, 6) is -1.63. The molecule has 2 aliphatic rings. The minimum atomic E-state index is -4.57. The zero-order valence-corrected chi connectivity index (χ0v) is 38.3. The van der Waals surface area contributed by atoms with Gasteiger partial charge in [0.05, 0.1) is 34.2 Å². The van der Waals surface area contributed by atoms with Crippen LogP contribution in [0, 0.1) is 0 Å². The summed E-state index contributed by atoms with van der Waals surface area (Å²) in [6.45, 7) is 5.49. The van der Waals surface area contributed by atoms with E-state index in [0.717, 1.165) is 5.71 Å². The molecule has 0 saturated carbocycles. The van der Waals surface area contributed by atoms with E-state index in [2.05, 4.69) is 5.32 Å². The van der Waals surface area contributed by atoms with E-state index < -0.39 is 52.9 Å². The van der Waals surface area contributed by atoms with E-state index in [9.17, 15) is 48.5 Å². The number of allylic oxidation sites excluding steroid dienone is 8. The SMILES string of the molecule is COCCNC(=O)CCC1(C)C(/C=C/C=C/C=C/C=C2/N(CCOC)c3ccc(S(=O)(=O)O)cc3C2(C)CCCS(=O)(=O)O)=[N+](CCCCCC(=O)O)c2ccc(S(=O)(=O)O)cc21. The molecule has 0 bridgehead atoms. The molecule has 2 aliphatic heterocycles. The molecular formula is C43H58N3O14S3+. The van der Waals surface area contributed by atoms with Crippen molar-refractivity contribution in [2.24, 2.45) is 0 Å². The summed E-state index contributed by atoms with van der Waals surface area (Å²) in [5.41, 5.74) is 2.08. The molecule has 2 heterocycles. The van der Waals surface area contributed by atoms with E-state index >= 15 is 0 Å². The number of anilines is 1. The van der Waals surface area contributed by atoms with Gasteiger partial charge in [-0.05, 0) is 87.9 Å². The largest absolute Gasteiger partial charge is 0.481 e. The van der Waals surface area contributed by atoms with Crippen molar-refractivity contribution in [2.75, 3.05) is 57.7 Å². The van der Waals surface area contributed by atoms with Gasteiger partial charge in [0.25, 0.3) is 30.4 Å². The molecule has 2 aromatic rings. The number of hydrogen-bond acceptors (Lipinski definition) is 11. The lowest BCUT2D eigenvalue weighted by Gasteiger charge is -2.30. The molecular weight excluding hydrogens is 879 g/mol. The molecule has 4 rings (SSSR count). The number of nitrogens with zero attached hydrogens (tertiary/aromatic N) is 2. The second kappa shape index (κ2) is 21.9. The number of rotatable bonds is 25. The van der Waals surface area contributed by atoms with Crippen LogP contribution in [0.5, 0.6) is 0 Å². The highest BCUT2D eigenvalue weighted by Crippen LogP contribution is 2.51. The molecule has 0 fully saturated rings. The van der Waals surface area contributed by atoms with E-state index in [4.69, 9.17) is 14.6 Å². The second-order valence-corrected chi connectivity index (χ2v) is 20.2. The average Bonchev–Trinajstić information content (AvgIpc) is 3.57. The molecule has 0 radical (unpaired) electrons. The van der Waals surface area contributed by atoms with Crippen molar-refractivity contribution in [3.05, 3.63) is 95.8 Å². The molecule has 0 saturated heterocycles. The molecule has 1 amide bonds. The minimum absolute atomic E-state index is 0.0239. The smallest absolute Gasteiger partial charge is 0.303 e. The first-order valence-corrected chi connectivity index (χ1v) is 24.9. The minimum Gasteiger partial charge on any atom is -0.481 e. The average molecular weight is 937 g/mol. The number of amides is 1. The maximum atomic E-state index is 12.9. The summed E-state index contributed by atoms with van der Waals surface area (Å²) in [7, 11) is -10.4. The van der Waals surface area contributed by atoms with Gasteiger partial charge in [0.1, 0.15) is 6.54 Å². The number of unbranched alkanes of at least 4 members (excludes halogenated alkanes) is 2. The molecule has 346 valence electrons. The van der Waals surface area contributed by atoms with Gasteiger partial charge in [-0.15, -0.1) is 0 Å². The normalized spacial score (nSPS) is 19.9. The number of hydrogen-bond donors (Lipinski definition) is 5. The summed E-state index contributed by atoms with van der Waals surface area (Å²) >= 11 is 0. The van der Waals surface area contributed by atoms with Crippen molar-refractivity contribution in [2.45, 2.75) is 85.8 Å². The van der Waals surface area contributed by atoms with Gasteiger partial charge in [0.2, 0.25) is 11.6 Å². The van der Waals surface area contributed by atoms with E-state index in [1.807, 2.05) is 35.5 Å². The van der Waals surface area contributed by atoms with Crippen LogP contribution in [0.2, 0.25) is 0 Å². The third-order valence-corrected chi connectivity index (χ3v) is 13.8. The van der Waals surface area contributed by atoms with Crippen LogP contribution in [0.4, 0.5) is 11.4 Å². The number of aliphatic carboxylic acids is 1. The maximum Gasteiger partial charge on any atom is 0.303 e. The lowest BCUT2D eigenvalue weighted by atomic mass is 9.75. The van der Waals surface area contributed by atoms with E-state index in [0.29, 0.717) is 80.3 Å². The number of ether oxygens (including phenoxy) is 2. The highest BCUT2D eigenvalue weighted by atomic mass is 32.2. The van der Waals surface area contributed by atoms with Crippen LogP contribution in [0.15, 0.2) is 94.4 Å². The van der Waals surface area contributed by atoms with Crippen LogP contribution in [-0.4, -0.2) is 119 Å². The Morgan fingerprint density at radius 1 is 0.762 bits per heavy atom. The van der Waals surface area contributed by atoms with Crippen LogP contribution in [-0.2, 0) is 60.2 Å².